The summed E-state index contributed by atoms with van der Waals surface area (Å²) in [5.74, 6) is 0.550. The van der Waals surface area contributed by atoms with Crippen molar-refractivity contribution >= 4 is 35.8 Å². The van der Waals surface area contributed by atoms with Crippen LogP contribution in [0.1, 0.15) is 17.3 Å². The SMILES string of the molecule is CCOCCNC(=NC)NCCNC(=O)c1cccnc1.I. The van der Waals surface area contributed by atoms with E-state index >= 15 is 0 Å². The van der Waals surface area contributed by atoms with E-state index in [-0.39, 0.29) is 29.9 Å². The molecule has 0 atom stereocenters. The molecule has 0 aromatic carbocycles. The molecule has 22 heavy (non-hydrogen) atoms. The standard InChI is InChI=1S/C14H23N5O2.HI/c1-3-21-10-9-19-14(15-2)18-8-7-17-13(20)12-5-4-6-16-11-12;/h4-6,11H,3,7-10H2,1-2H3,(H,17,20)(H2,15,18,19);1H. The molecule has 1 heterocycles. The van der Waals surface area contributed by atoms with Crippen LogP contribution in [-0.2, 0) is 4.74 Å². The van der Waals surface area contributed by atoms with E-state index in [2.05, 4.69) is 25.9 Å². The molecule has 8 heteroatoms. The molecule has 0 bridgehead atoms. The van der Waals surface area contributed by atoms with Crippen LogP contribution in [0, 0.1) is 0 Å². The van der Waals surface area contributed by atoms with Crippen LogP contribution >= 0.6 is 24.0 Å². The molecule has 0 spiro atoms. The predicted molar refractivity (Wildman–Crippen MR) is 97.8 cm³/mol. The third-order valence-electron chi connectivity index (χ3n) is 2.59. The first-order valence-electron chi connectivity index (χ1n) is 6.98. The number of hydrogen-bond acceptors (Lipinski definition) is 4. The molecule has 0 fully saturated rings. The number of guanidine groups is 1. The highest BCUT2D eigenvalue weighted by Gasteiger charge is 2.03. The molecule has 1 amide bonds. The van der Waals surface area contributed by atoms with Gasteiger partial charge in [-0.1, -0.05) is 0 Å². The van der Waals surface area contributed by atoms with E-state index in [1.165, 1.54) is 6.20 Å². The van der Waals surface area contributed by atoms with Crippen molar-refractivity contribution in [3.63, 3.8) is 0 Å². The maximum absolute atomic E-state index is 11.8. The molecule has 124 valence electrons. The first-order chi connectivity index (χ1) is 10.3. The maximum atomic E-state index is 11.8. The van der Waals surface area contributed by atoms with E-state index in [1.54, 1.807) is 25.4 Å². The lowest BCUT2D eigenvalue weighted by Gasteiger charge is -2.12. The molecule has 1 aromatic heterocycles. The van der Waals surface area contributed by atoms with Crippen molar-refractivity contribution in [3.8, 4) is 0 Å². The Balaban J connectivity index is 0.00000441. The van der Waals surface area contributed by atoms with Gasteiger partial charge in [-0.15, -0.1) is 24.0 Å². The van der Waals surface area contributed by atoms with Crippen molar-refractivity contribution in [1.29, 1.82) is 0 Å². The lowest BCUT2D eigenvalue weighted by molar-refractivity contribution is 0.0954. The molecule has 0 unspecified atom stereocenters. The summed E-state index contributed by atoms with van der Waals surface area (Å²) in [6, 6.07) is 3.46. The molecule has 0 aliphatic carbocycles. The van der Waals surface area contributed by atoms with Crippen LogP contribution in [-0.4, -0.2) is 56.7 Å². The molecule has 1 aromatic rings. The van der Waals surface area contributed by atoms with Gasteiger partial charge < -0.3 is 20.7 Å². The maximum Gasteiger partial charge on any atom is 0.252 e. The molecule has 0 saturated carbocycles. The van der Waals surface area contributed by atoms with Gasteiger partial charge in [0.2, 0.25) is 0 Å². The van der Waals surface area contributed by atoms with Crippen molar-refractivity contribution in [1.82, 2.24) is 20.9 Å². The number of hydrogen-bond donors (Lipinski definition) is 3. The molecule has 0 radical (unpaired) electrons. The number of amides is 1. The van der Waals surface area contributed by atoms with Crippen LogP contribution in [0.3, 0.4) is 0 Å². The van der Waals surface area contributed by atoms with Crippen LogP contribution in [0.25, 0.3) is 0 Å². The van der Waals surface area contributed by atoms with Gasteiger partial charge in [-0.2, -0.15) is 0 Å². The van der Waals surface area contributed by atoms with Crippen molar-refractivity contribution < 1.29 is 9.53 Å². The van der Waals surface area contributed by atoms with Gasteiger partial charge in [-0.25, -0.2) is 0 Å². The number of pyridine rings is 1. The Morgan fingerprint density at radius 3 is 2.64 bits per heavy atom. The summed E-state index contributed by atoms with van der Waals surface area (Å²) in [7, 11) is 1.70. The fourth-order valence-electron chi connectivity index (χ4n) is 1.56. The van der Waals surface area contributed by atoms with Crippen molar-refractivity contribution in [2.24, 2.45) is 4.99 Å². The Hall–Kier alpha value is -1.42. The smallest absolute Gasteiger partial charge is 0.252 e. The Morgan fingerprint density at radius 2 is 2.00 bits per heavy atom. The molecule has 7 nitrogen and oxygen atoms in total. The summed E-state index contributed by atoms with van der Waals surface area (Å²) in [6.07, 6.45) is 3.17. The summed E-state index contributed by atoms with van der Waals surface area (Å²) < 4.78 is 5.23. The quantitative estimate of drug-likeness (QED) is 0.248. The third kappa shape index (κ3) is 8.78. The number of rotatable bonds is 8. The number of carbonyl (C=O) groups excluding carboxylic acids is 1. The fraction of sp³-hybridized carbons (Fsp3) is 0.500. The monoisotopic (exact) mass is 421 g/mol. The Kier molecular flexibility index (Phi) is 12.4. The van der Waals surface area contributed by atoms with Crippen molar-refractivity contribution in [2.75, 3.05) is 39.9 Å². The highest BCUT2D eigenvalue weighted by Crippen LogP contribution is 1.93. The highest BCUT2D eigenvalue weighted by atomic mass is 127. The van der Waals surface area contributed by atoms with Crippen LogP contribution in [0.2, 0.25) is 0 Å². The fourth-order valence-corrected chi connectivity index (χ4v) is 1.56. The minimum absolute atomic E-state index is 0. The zero-order valence-corrected chi connectivity index (χ0v) is 15.3. The van der Waals surface area contributed by atoms with Crippen molar-refractivity contribution in [2.45, 2.75) is 6.92 Å². The lowest BCUT2D eigenvalue weighted by atomic mass is 10.3. The Bertz CT molecular complexity index is 442. The number of aromatic nitrogens is 1. The van der Waals surface area contributed by atoms with E-state index < -0.39 is 0 Å². The highest BCUT2D eigenvalue weighted by molar-refractivity contribution is 14.0. The lowest BCUT2D eigenvalue weighted by Crippen LogP contribution is -2.42. The molecule has 0 saturated heterocycles. The van der Waals surface area contributed by atoms with Gasteiger partial charge in [0.25, 0.3) is 5.91 Å². The van der Waals surface area contributed by atoms with Gasteiger partial charge in [-0.3, -0.25) is 14.8 Å². The molecular weight excluding hydrogens is 397 g/mol. The second kappa shape index (κ2) is 13.3. The van der Waals surface area contributed by atoms with Gasteiger partial charge >= 0.3 is 0 Å². The minimum Gasteiger partial charge on any atom is -0.380 e. The molecule has 0 aliphatic rings. The number of ether oxygens (including phenoxy) is 1. The minimum atomic E-state index is -0.135. The Labute approximate surface area is 148 Å². The number of carbonyl (C=O) groups is 1. The normalized spacial score (nSPS) is 10.5. The molecule has 1 rings (SSSR count). The summed E-state index contributed by atoms with van der Waals surface area (Å²) in [4.78, 5) is 19.7. The molecular formula is C14H24IN5O2. The summed E-state index contributed by atoms with van der Waals surface area (Å²) >= 11 is 0. The number of aliphatic imine (C=N–C) groups is 1. The van der Waals surface area contributed by atoms with Crippen LogP contribution in [0.5, 0.6) is 0 Å². The first-order valence-corrected chi connectivity index (χ1v) is 6.98. The van der Waals surface area contributed by atoms with Gasteiger partial charge in [0.05, 0.1) is 12.2 Å². The van der Waals surface area contributed by atoms with Gasteiger partial charge in [0.15, 0.2) is 5.96 Å². The summed E-state index contributed by atoms with van der Waals surface area (Å²) in [5.41, 5.74) is 0.553. The van der Waals surface area contributed by atoms with Crippen LogP contribution in [0.4, 0.5) is 0 Å². The van der Waals surface area contributed by atoms with E-state index in [0.717, 1.165) is 0 Å². The predicted octanol–water partition coefficient (Wildman–Crippen LogP) is 0.631. The molecule has 0 aliphatic heterocycles. The molecule has 3 N–H and O–H groups in total. The second-order valence-corrected chi connectivity index (χ2v) is 4.12. The van der Waals surface area contributed by atoms with Crippen molar-refractivity contribution in [3.05, 3.63) is 30.1 Å². The number of halogens is 1. The largest absolute Gasteiger partial charge is 0.380 e. The second-order valence-electron chi connectivity index (χ2n) is 4.12. The van der Waals surface area contributed by atoms with Gasteiger partial charge in [0, 0.05) is 45.7 Å². The topological polar surface area (TPSA) is 87.6 Å². The average molecular weight is 421 g/mol. The zero-order chi connectivity index (χ0) is 15.3. The van der Waals surface area contributed by atoms with E-state index in [4.69, 9.17) is 4.74 Å². The summed E-state index contributed by atoms with van der Waals surface area (Å²) in [6.45, 7) is 5.07. The first kappa shape index (κ1) is 20.6. The van der Waals surface area contributed by atoms with E-state index in [1.807, 2.05) is 6.92 Å². The van der Waals surface area contributed by atoms with Gasteiger partial charge in [0.1, 0.15) is 0 Å². The van der Waals surface area contributed by atoms with Crippen LogP contribution in [0.15, 0.2) is 29.5 Å². The Morgan fingerprint density at radius 1 is 1.27 bits per heavy atom. The third-order valence-corrected chi connectivity index (χ3v) is 2.59. The van der Waals surface area contributed by atoms with E-state index in [9.17, 15) is 4.79 Å². The summed E-state index contributed by atoms with van der Waals surface area (Å²) in [5, 5.41) is 9.03. The zero-order valence-electron chi connectivity index (χ0n) is 13.0. The average Bonchev–Trinajstić information content (AvgIpc) is 2.54. The van der Waals surface area contributed by atoms with Crippen LogP contribution < -0.4 is 16.0 Å². The van der Waals surface area contributed by atoms with E-state index in [0.29, 0.717) is 44.4 Å². The number of nitrogens with one attached hydrogen (secondary N) is 3. The van der Waals surface area contributed by atoms with Gasteiger partial charge in [-0.05, 0) is 19.1 Å². The number of nitrogens with zero attached hydrogens (tertiary/aromatic N) is 2.